The lowest BCUT2D eigenvalue weighted by Crippen LogP contribution is -2.03. The van der Waals surface area contributed by atoms with Crippen molar-refractivity contribution in [1.29, 1.82) is 0 Å². The molecule has 0 spiro atoms. The summed E-state index contributed by atoms with van der Waals surface area (Å²) in [6.45, 7) is 9.26. The molecule has 9 heteroatoms. The second-order valence-corrected chi connectivity index (χ2v) is 8.20. The number of nitrogens with zero attached hydrogens (tertiary/aromatic N) is 9. The molecule has 0 unspecified atom stereocenters. The van der Waals surface area contributed by atoms with Gasteiger partial charge < -0.3 is 0 Å². The molecule has 2 aromatic carbocycles. The van der Waals surface area contributed by atoms with Gasteiger partial charge in [0.25, 0.3) is 0 Å². The Bertz CT molecular complexity index is 1440. The summed E-state index contributed by atoms with van der Waals surface area (Å²) in [6.07, 6.45) is 0. The highest BCUT2D eigenvalue weighted by molar-refractivity contribution is 5.75. The fourth-order valence-electron chi connectivity index (χ4n) is 3.83. The van der Waals surface area contributed by atoms with E-state index in [9.17, 15) is 0 Å². The van der Waals surface area contributed by atoms with Crippen molar-refractivity contribution in [3.8, 4) is 45.6 Å². The summed E-state index contributed by atoms with van der Waals surface area (Å²) in [6, 6.07) is 15.8. The van der Waals surface area contributed by atoms with E-state index in [0.29, 0.717) is 52.4 Å². The predicted octanol–water partition coefficient (Wildman–Crippen LogP) is 4.45. The molecule has 0 aliphatic carbocycles. The van der Waals surface area contributed by atoms with Crippen LogP contribution in [0.5, 0.6) is 0 Å². The SMILES string of the molecule is Cc1nc(C)nc(-c2cc(-c3nc(C)nc(C)n3)cc(-c3nc(C)nc(-c4ccccc4)n3)c2)n1. The van der Waals surface area contributed by atoms with Crippen LogP contribution in [0, 0.1) is 34.6 Å². The number of benzene rings is 2. The van der Waals surface area contributed by atoms with Crippen LogP contribution >= 0.6 is 0 Å². The van der Waals surface area contributed by atoms with Crippen LogP contribution in [0.2, 0.25) is 0 Å². The average molecular weight is 462 g/mol. The molecule has 0 fully saturated rings. The first-order valence-corrected chi connectivity index (χ1v) is 11.2. The number of rotatable bonds is 4. The van der Waals surface area contributed by atoms with Crippen molar-refractivity contribution in [1.82, 2.24) is 44.9 Å². The molecular formula is C26H23N9. The fraction of sp³-hybridized carbons (Fsp3) is 0.192. The van der Waals surface area contributed by atoms with Crippen molar-refractivity contribution in [2.45, 2.75) is 34.6 Å². The topological polar surface area (TPSA) is 116 Å². The van der Waals surface area contributed by atoms with Crippen LogP contribution in [0.4, 0.5) is 0 Å². The molecule has 0 atom stereocenters. The average Bonchev–Trinajstić information content (AvgIpc) is 2.83. The zero-order chi connectivity index (χ0) is 24.5. The van der Waals surface area contributed by atoms with Crippen LogP contribution in [-0.4, -0.2) is 44.9 Å². The minimum absolute atomic E-state index is 0.546. The van der Waals surface area contributed by atoms with E-state index in [1.165, 1.54) is 0 Å². The van der Waals surface area contributed by atoms with Gasteiger partial charge >= 0.3 is 0 Å². The molecule has 0 saturated carbocycles. The molecule has 3 heterocycles. The van der Waals surface area contributed by atoms with Crippen LogP contribution in [0.3, 0.4) is 0 Å². The van der Waals surface area contributed by atoms with E-state index in [1.807, 2.05) is 83.1 Å². The Morgan fingerprint density at radius 1 is 0.343 bits per heavy atom. The summed E-state index contributed by atoms with van der Waals surface area (Å²) >= 11 is 0. The van der Waals surface area contributed by atoms with E-state index in [1.54, 1.807) is 0 Å². The summed E-state index contributed by atoms with van der Waals surface area (Å²) < 4.78 is 0. The molecule has 5 aromatic rings. The summed E-state index contributed by atoms with van der Waals surface area (Å²) in [7, 11) is 0. The summed E-state index contributed by atoms with van der Waals surface area (Å²) in [5.41, 5.74) is 3.29. The van der Waals surface area contributed by atoms with E-state index < -0.39 is 0 Å². The van der Waals surface area contributed by atoms with Crippen LogP contribution in [0.1, 0.15) is 29.1 Å². The lowest BCUT2D eigenvalue weighted by molar-refractivity contribution is 0.925. The number of hydrogen-bond donors (Lipinski definition) is 0. The van der Waals surface area contributed by atoms with E-state index in [2.05, 4.69) is 39.9 Å². The van der Waals surface area contributed by atoms with Crippen molar-refractivity contribution in [3.05, 3.63) is 77.7 Å². The van der Waals surface area contributed by atoms with Crippen LogP contribution in [-0.2, 0) is 0 Å². The van der Waals surface area contributed by atoms with Gasteiger partial charge in [0, 0.05) is 22.3 Å². The van der Waals surface area contributed by atoms with Crippen molar-refractivity contribution in [2.75, 3.05) is 0 Å². The van der Waals surface area contributed by atoms with Crippen LogP contribution in [0.25, 0.3) is 45.6 Å². The maximum absolute atomic E-state index is 4.79. The fourth-order valence-corrected chi connectivity index (χ4v) is 3.83. The van der Waals surface area contributed by atoms with Crippen molar-refractivity contribution in [3.63, 3.8) is 0 Å². The number of aromatic nitrogens is 9. The second-order valence-electron chi connectivity index (χ2n) is 8.20. The Morgan fingerprint density at radius 3 is 1.06 bits per heavy atom. The molecule has 0 aliphatic heterocycles. The highest BCUT2D eigenvalue weighted by Gasteiger charge is 2.15. The molecule has 0 N–H and O–H groups in total. The first-order valence-electron chi connectivity index (χ1n) is 11.2. The highest BCUT2D eigenvalue weighted by Crippen LogP contribution is 2.30. The third kappa shape index (κ3) is 4.89. The lowest BCUT2D eigenvalue weighted by Gasteiger charge is -2.11. The smallest absolute Gasteiger partial charge is 0.163 e. The molecule has 0 amide bonds. The maximum Gasteiger partial charge on any atom is 0.163 e. The molecule has 172 valence electrons. The predicted molar refractivity (Wildman–Crippen MR) is 132 cm³/mol. The van der Waals surface area contributed by atoms with E-state index >= 15 is 0 Å². The van der Waals surface area contributed by atoms with Gasteiger partial charge in [-0.05, 0) is 52.8 Å². The lowest BCUT2D eigenvalue weighted by atomic mass is 10.0. The zero-order valence-electron chi connectivity index (χ0n) is 20.1. The van der Waals surface area contributed by atoms with E-state index in [-0.39, 0.29) is 0 Å². The zero-order valence-corrected chi connectivity index (χ0v) is 20.1. The van der Waals surface area contributed by atoms with Crippen molar-refractivity contribution in [2.24, 2.45) is 0 Å². The van der Waals surface area contributed by atoms with Gasteiger partial charge in [-0.1, -0.05) is 30.3 Å². The first-order chi connectivity index (χ1) is 16.8. The molecular weight excluding hydrogens is 438 g/mol. The summed E-state index contributed by atoms with van der Waals surface area (Å²) in [4.78, 5) is 40.9. The van der Waals surface area contributed by atoms with Gasteiger partial charge in [0.05, 0.1) is 0 Å². The monoisotopic (exact) mass is 461 g/mol. The van der Waals surface area contributed by atoms with E-state index in [4.69, 9.17) is 4.98 Å². The maximum atomic E-state index is 4.79. The Balaban J connectivity index is 1.74. The molecule has 0 radical (unpaired) electrons. The Hall–Kier alpha value is -4.53. The molecule has 0 aliphatic rings. The van der Waals surface area contributed by atoms with Gasteiger partial charge in [0.1, 0.15) is 29.1 Å². The third-order valence-corrected chi connectivity index (χ3v) is 5.20. The van der Waals surface area contributed by atoms with Gasteiger partial charge in [-0.25, -0.2) is 44.9 Å². The van der Waals surface area contributed by atoms with Crippen molar-refractivity contribution >= 4 is 0 Å². The number of hydrogen-bond acceptors (Lipinski definition) is 9. The highest BCUT2D eigenvalue weighted by atomic mass is 15.0. The quantitative estimate of drug-likeness (QED) is 0.382. The molecule has 35 heavy (non-hydrogen) atoms. The minimum Gasteiger partial charge on any atom is -0.219 e. The molecule has 0 saturated heterocycles. The molecule has 0 bridgehead atoms. The number of aryl methyl sites for hydroxylation is 5. The summed E-state index contributed by atoms with van der Waals surface area (Å²) in [5, 5.41) is 0. The first kappa shape index (κ1) is 22.3. The second kappa shape index (κ2) is 9.02. The van der Waals surface area contributed by atoms with Crippen LogP contribution < -0.4 is 0 Å². The van der Waals surface area contributed by atoms with Gasteiger partial charge in [-0.2, -0.15) is 0 Å². The summed E-state index contributed by atoms with van der Waals surface area (Å²) in [5.74, 6) is 5.50. The Kier molecular flexibility index (Phi) is 5.74. The standard InChI is InChI=1S/C26H23N9/c1-14-27-15(2)30-24(29-14)20-11-21(25-31-16(3)28-17(4)32-25)13-22(12-20)26-34-18(5)33-23(35-26)19-9-7-6-8-10-19/h6-13H,1-5H3. The third-order valence-electron chi connectivity index (χ3n) is 5.20. The molecule has 9 nitrogen and oxygen atoms in total. The molecule has 5 rings (SSSR count). The normalized spacial score (nSPS) is 11.0. The van der Waals surface area contributed by atoms with Gasteiger partial charge in [-0.3, -0.25) is 0 Å². The Labute approximate surface area is 202 Å². The van der Waals surface area contributed by atoms with E-state index in [0.717, 1.165) is 22.3 Å². The van der Waals surface area contributed by atoms with Gasteiger partial charge in [0.2, 0.25) is 0 Å². The minimum atomic E-state index is 0.546. The Morgan fingerprint density at radius 2 is 0.657 bits per heavy atom. The van der Waals surface area contributed by atoms with Gasteiger partial charge in [0.15, 0.2) is 23.3 Å². The largest absolute Gasteiger partial charge is 0.219 e. The van der Waals surface area contributed by atoms with Crippen LogP contribution in [0.15, 0.2) is 48.5 Å². The van der Waals surface area contributed by atoms with Gasteiger partial charge in [-0.15, -0.1) is 0 Å². The van der Waals surface area contributed by atoms with Crippen molar-refractivity contribution < 1.29 is 0 Å². The molecule has 3 aromatic heterocycles.